The Bertz CT molecular complexity index is 428. The lowest BCUT2D eigenvalue weighted by molar-refractivity contribution is -0.125. The molecular formula is C17H27ClN2O. The zero-order valence-corrected chi connectivity index (χ0v) is 13.8. The first-order chi connectivity index (χ1) is 9.60. The van der Waals surface area contributed by atoms with E-state index >= 15 is 0 Å². The van der Waals surface area contributed by atoms with E-state index in [9.17, 15) is 4.79 Å². The van der Waals surface area contributed by atoms with E-state index in [1.807, 2.05) is 44.2 Å². The summed E-state index contributed by atoms with van der Waals surface area (Å²) in [5.74, 6) is 0.830. The first-order valence-electron chi connectivity index (χ1n) is 7.65. The monoisotopic (exact) mass is 310 g/mol. The first-order valence-corrected chi connectivity index (χ1v) is 7.65. The smallest absolute Gasteiger partial charge is 0.230 e. The molecule has 1 aliphatic rings. The lowest BCUT2D eigenvalue weighted by atomic mass is 9.83. The van der Waals surface area contributed by atoms with Crippen LogP contribution in [0.5, 0.6) is 0 Å². The quantitative estimate of drug-likeness (QED) is 0.878. The zero-order chi connectivity index (χ0) is 14.4. The van der Waals surface area contributed by atoms with Crippen LogP contribution in [-0.2, 0) is 10.2 Å². The van der Waals surface area contributed by atoms with Gasteiger partial charge in [-0.15, -0.1) is 12.4 Å². The van der Waals surface area contributed by atoms with Crippen molar-refractivity contribution in [2.75, 3.05) is 19.6 Å². The molecule has 1 atom stereocenters. The van der Waals surface area contributed by atoms with Crippen molar-refractivity contribution in [1.82, 2.24) is 10.6 Å². The van der Waals surface area contributed by atoms with Gasteiger partial charge in [-0.2, -0.15) is 0 Å². The van der Waals surface area contributed by atoms with Gasteiger partial charge in [-0.1, -0.05) is 30.3 Å². The number of piperidine rings is 1. The molecule has 21 heavy (non-hydrogen) atoms. The number of carbonyl (C=O) groups is 1. The predicted octanol–water partition coefficient (Wildman–Crippen LogP) is 2.89. The molecule has 1 aromatic rings. The molecule has 3 nitrogen and oxygen atoms in total. The van der Waals surface area contributed by atoms with E-state index in [-0.39, 0.29) is 18.3 Å². The fourth-order valence-electron chi connectivity index (χ4n) is 2.77. The van der Waals surface area contributed by atoms with Gasteiger partial charge in [0, 0.05) is 6.54 Å². The lowest BCUT2D eigenvalue weighted by Gasteiger charge is -2.26. The van der Waals surface area contributed by atoms with Gasteiger partial charge in [-0.3, -0.25) is 4.79 Å². The second-order valence-corrected chi connectivity index (χ2v) is 6.25. The Balaban J connectivity index is 0.00000220. The molecule has 1 fully saturated rings. The molecule has 1 saturated heterocycles. The third kappa shape index (κ3) is 5.01. The van der Waals surface area contributed by atoms with Crippen molar-refractivity contribution in [2.24, 2.45) is 5.92 Å². The van der Waals surface area contributed by atoms with Crippen LogP contribution in [0.2, 0.25) is 0 Å². The average molecular weight is 311 g/mol. The number of hydrogen-bond acceptors (Lipinski definition) is 2. The fourth-order valence-corrected chi connectivity index (χ4v) is 2.77. The van der Waals surface area contributed by atoms with Crippen molar-refractivity contribution >= 4 is 18.3 Å². The number of hydrogen-bond donors (Lipinski definition) is 2. The Morgan fingerprint density at radius 3 is 2.67 bits per heavy atom. The van der Waals surface area contributed by atoms with E-state index in [1.54, 1.807) is 0 Å². The third-order valence-corrected chi connectivity index (χ3v) is 4.30. The Labute approximate surface area is 134 Å². The van der Waals surface area contributed by atoms with Crippen molar-refractivity contribution in [1.29, 1.82) is 0 Å². The van der Waals surface area contributed by atoms with E-state index < -0.39 is 5.41 Å². The van der Waals surface area contributed by atoms with Gasteiger partial charge in [-0.25, -0.2) is 0 Å². The van der Waals surface area contributed by atoms with Gasteiger partial charge in [0.25, 0.3) is 0 Å². The molecule has 118 valence electrons. The van der Waals surface area contributed by atoms with E-state index in [1.165, 1.54) is 12.8 Å². The molecule has 2 rings (SSSR count). The maximum absolute atomic E-state index is 12.4. The summed E-state index contributed by atoms with van der Waals surface area (Å²) in [5, 5.41) is 6.52. The molecule has 1 heterocycles. The minimum Gasteiger partial charge on any atom is -0.355 e. The van der Waals surface area contributed by atoms with Gasteiger partial charge in [0.15, 0.2) is 0 Å². The summed E-state index contributed by atoms with van der Waals surface area (Å²) in [7, 11) is 0. The number of nitrogens with one attached hydrogen (secondary N) is 2. The van der Waals surface area contributed by atoms with E-state index in [4.69, 9.17) is 0 Å². The van der Waals surface area contributed by atoms with Crippen LogP contribution < -0.4 is 10.6 Å². The summed E-state index contributed by atoms with van der Waals surface area (Å²) in [6, 6.07) is 9.99. The third-order valence-electron chi connectivity index (χ3n) is 4.30. The highest BCUT2D eigenvalue weighted by Crippen LogP contribution is 2.23. The van der Waals surface area contributed by atoms with Crippen molar-refractivity contribution in [3.8, 4) is 0 Å². The molecule has 0 radical (unpaired) electrons. The van der Waals surface area contributed by atoms with Crippen molar-refractivity contribution < 1.29 is 4.79 Å². The van der Waals surface area contributed by atoms with Gasteiger partial charge in [0.05, 0.1) is 5.41 Å². The summed E-state index contributed by atoms with van der Waals surface area (Å²) in [5.41, 5.74) is 0.600. The Kier molecular flexibility index (Phi) is 7.20. The molecule has 0 spiro atoms. The Morgan fingerprint density at radius 2 is 2.05 bits per heavy atom. The molecule has 1 aromatic carbocycles. The maximum Gasteiger partial charge on any atom is 0.230 e. The summed E-state index contributed by atoms with van der Waals surface area (Å²) in [6.45, 7) is 6.99. The largest absolute Gasteiger partial charge is 0.355 e. The van der Waals surface area contributed by atoms with Gasteiger partial charge < -0.3 is 10.6 Å². The van der Waals surface area contributed by atoms with Crippen molar-refractivity contribution in [2.45, 2.75) is 38.5 Å². The summed E-state index contributed by atoms with van der Waals surface area (Å²) in [4.78, 5) is 12.4. The van der Waals surface area contributed by atoms with Crippen LogP contribution in [0.15, 0.2) is 30.3 Å². The molecule has 0 saturated carbocycles. The Morgan fingerprint density at radius 1 is 1.33 bits per heavy atom. The maximum atomic E-state index is 12.4. The van der Waals surface area contributed by atoms with Crippen molar-refractivity contribution in [3.63, 3.8) is 0 Å². The molecule has 1 amide bonds. The average Bonchev–Trinajstić information content (AvgIpc) is 2.49. The summed E-state index contributed by atoms with van der Waals surface area (Å²) < 4.78 is 0. The van der Waals surface area contributed by atoms with Gasteiger partial charge >= 0.3 is 0 Å². The zero-order valence-electron chi connectivity index (χ0n) is 13.0. The van der Waals surface area contributed by atoms with Gasteiger partial charge in [-0.05, 0) is 57.7 Å². The molecule has 0 aromatic heterocycles. The van der Waals surface area contributed by atoms with Crippen LogP contribution in [0.3, 0.4) is 0 Å². The standard InChI is InChI=1S/C17H26N2O.ClH/c1-17(2,15-8-4-3-5-9-15)16(20)19-12-10-14-7-6-11-18-13-14;/h3-5,8-9,14,18H,6-7,10-13H2,1-2H3,(H,19,20);1H. The topological polar surface area (TPSA) is 41.1 Å². The highest BCUT2D eigenvalue weighted by atomic mass is 35.5. The fraction of sp³-hybridized carbons (Fsp3) is 0.588. The lowest BCUT2D eigenvalue weighted by Crippen LogP contribution is -2.41. The Hall–Kier alpha value is -1.06. The first kappa shape index (κ1) is 18.0. The molecule has 0 aliphatic carbocycles. The molecule has 2 N–H and O–H groups in total. The number of rotatable bonds is 5. The van der Waals surface area contributed by atoms with E-state index in [0.29, 0.717) is 5.92 Å². The highest BCUT2D eigenvalue weighted by Gasteiger charge is 2.29. The van der Waals surface area contributed by atoms with Crippen LogP contribution in [0.1, 0.15) is 38.7 Å². The van der Waals surface area contributed by atoms with Gasteiger partial charge in [0.1, 0.15) is 0 Å². The molecule has 1 aliphatic heterocycles. The number of benzene rings is 1. The van der Waals surface area contributed by atoms with Crippen LogP contribution in [0.25, 0.3) is 0 Å². The minimum atomic E-state index is -0.466. The second-order valence-electron chi connectivity index (χ2n) is 6.25. The van der Waals surface area contributed by atoms with Crippen LogP contribution in [0.4, 0.5) is 0 Å². The summed E-state index contributed by atoms with van der Waals surface area (Å²) >= 11 is 0. The highest BCUT2D eigenvalue weighted by molar-refractivity contribution is 5.87. The van der Waals surface area contributed by atoms with E-state index in [2.05, 4.69) is 10.6 Å². The predicted molar refractivity (Wildman–Crippen MR) is 89.9 cm³/mol. The molecule has 4 heteroatoms. The van der Waals surface area contributed by atoms with E-state index in [0.717, 1.165) is 31.6 Å². The number of amides is 1. The second kappa shape index (κ2) is 8.40. The van der Waals surface area contributed by atoms with Crippen LogP contribution >= 0.6 is 12.4 Å². The number of halogens is 1. The summed E-state index contributed by atoms with van der Waals surface area (Å²) in [6.07, 6.45) is 3.61. The normalized spacial score (nSPS) is 18.7. The van der Waals surface area contributed by atoms with Crippen molar-refractivity contribution in [3.05, 3.63) is 35.9 Å². The SMILES string of the molecule is CC(C)(C(=O)NCCC1CCCNC1)c1ccccc1.Cl. The molecule has 0 bridgehead atoms. The number of carbonyl (C=O) groups excluding carboxylic acids is 1. The van der Waals surface area contributed by atoms with Gasteiger partial charge in [0.2, 0.25) is 5.91 Å². The van der Waals surface area contributed by atoms with Crippen LogP contribution in [0, 0.1) is 5.92 Å². The molecular weight excluding hydrogens is 284 g/mol. The van der Waals surface area contributed by atoms with Crippen LogP contribution in [-0.4, -0.2) is 25.5 Å². The molecule has 1 unspecified atom stereocenters. The minimum absolute atomic E-state index is 0.